The molecule has 0 spiro atoms. The fraction of sp³-hybridized carbons (Fsp3) is 0.227. The summed E-state index contributed by atoms with van der Waals surface area (Å²) in [5.74, 6) is 0.426. The van der Waals surface area contributed by atoms with Crippen LogP contribution in [0.3, 0.4) is 0 Å². The molecule has 3 rings (SSSR count). The summed E-state index contributed by atoms with van der Waals surface area (Å²) in [7, 11) is 1.76. The zero-order chi connectivity index (χ0) is 19.2. The lowest BCUT2D eigenvalue weighted by Gasteiger charge is -2.23. The molecule has 0 unspecified atom stereocenters. The number of aromatic nitrogens is 2. The van der Waals surface area contributed by atoms with Crippen LogP contribution in [0.1, 0.15) is 28.7 Å². The molecule has 1 heterocycles. The van der Waals surface area contributed by atoms with Crippen LogP contribution in [0.2, 0.25) is 0 Å². The third-order valence-corrected chi connectivity index (χ3v) is 4.39. The Hall–Kier alpha value is -3.21. The van der Waals surface area contributed by atoms with Crippen molar-refractivity contribution in [2.75, 3.05) is 23.4 Å². The third-order valence-electron chi connectivity index (χ3n) is 4.39. The Labute approximate surface area is 160 Å². The number of hydrogen-bond acceptors (Lipinski definition) is 4. The third kappa shape index (κ3) is 4.50. The van der Waals surface area contributed by atoms with Crippen LogP contribution in [0.5, 0.6) is 0 Å². The highest BCUT2D eigenvalue weighted by Gasteiger charge is 2.18. The molecule has 0 aliphatic rings. The lowest BCUT2D eigenvalue weighted by atomic mass is 10.2. The van der Waals surface area contributed by atoms with E-state index in [1.807, 2.05) is 55.5 Å². The zero-order valence-electron chi connectivity index (χ0n) is 16.0. The molecule has 0 aliphatic heterocycles. The quantitative estimate of drug-likeness (QED) is 0.664. The molecule has 0 atom stereocenters. The van der Waals surface area contributed by atoms with Crippen LogP contribution in [-0.4, -0.2) is 29.5 Å². The van der Waals surface area contributed by atoms with Crippen molar-refractivity contribution >= 4 is 17.5 Å². The molecule has 0 radical (unpaired) electrons. The predicted molar refractivity (Wildman–Crippen MR) is 109 cm³/mol. The van der Waals surface area contributed by atoms with E-state index >= 15 is 0 Å². The highest BCUT2D eigenvalue weighted by atomic mass is 16.2. The summed E-state index contributed by atoms with van der Waals surface area (Å²) in [6.45, 7) is 5.40. The standard InChI is InChI=1S/C22H24N4O/c1-4-26(16-18-11-7-5-8-12-18)22-23-17(2)15-20(24-22)21(27)25(3)19-13-9-6-10-14-19/h5-15H,4,16H2,1-3H3. The Kier molecular flexibility index (Phi) is 5.81. The van der Waals surface area contributed by atoms with E-state index in [1.54, 1.807) is 18.0 Å². The van der Waals surface area contributed by atoms with Crippen molar-refractivity contribution in [1.29, 1.82) is 0 Å². The molecule has 5 nitrogen and oxygen atoms in total. The number of anilines is 2. The van der Waals surface area contributed by atoms with Gasteiger partial charge in [0, 0.05) is 31.5 Å². The van der Waals surface area contributed by atoms with Crippen molar-refractivity contribution in [2.24, 2.45) is 0 Å². The van der Waals surface area contributed by atoms with E-state index < -0.39 is 0 Å². The van der Waals surface area contributed by atoms with Gasteiger partial charge < -0.3 is 9.80 Å². The molecular weight excluding hydrogens is 336 g/mol. The van der Waals surface area contributed by atoms with Crippen molar-refractivity contribution in [3.8, 4) is 0 Å². The second kappa shape index (κ2) is 8.45. The molecule has 27 heavy (non-hydrogen) atoms. The fourth-order valence-electron chi connectivity index (χ4n) is 2.87. The van der Waals surface area contributed by atoms with E-state index in [0.717, 1.165) is 17.9 Å². The molecule has 2 aromatic carbocycles. The highest BCUT2D eigenvalue weighted by Crippen LogP contribution is 2.18. The van der Waals surface area contributed by atoms with Gasteiger partial charge in [-0.1, -0.05) is 48.5 Å². The molecule has 0 fully saturated rings. The van der Waals surface area contributed by atoms with Crippen molar-refractivity contribution in [2.45, 2.75) is 20.4 Å². The Morgan fingerprint density at radius 2 is 1.59 bits per heavy atom. The first-order chi connectivity index (χ1) is 13.1. The van der Waals surface area contributed by atoms with Gasteiger partial charge in [-0.2, -0.15) is 0 Å². The van der Waals surface area contributed by atoms with Crippen molar-refractivity contribution in [3.05, 3.63) is 83.7 Å². The zero-order valence-corrected chi connectivity index (χ0v) is 16.0. The number of carbonyl (C=O) groups excluding carboxylic acids is 1. The smallest absolute Gasteiger partial charge is 0.276 e. The van der Waals surface area contributed by atoms with E-state index in [9.17, 15) is 4.79 Å². The summed E-state index contributed by atoms with van der Waals surface area (Å²) in [4.78, 5) is 25.7. The number of carbonyl (C=O) groups is 1. The molecule has 5 heteroatoms. The average Bonchev–Trinajstić information content (AvgIpc) is 2.71. The summed E-state index contributed by atoms with van der Waals surface area (Å²) in [6, 6.07) is 21.5. The second-order valence-corrected chi connectivity index (χ2v) is 6.39. The number of nitrogens with zero attached hydrogens (tertiary/aromatic N) is 4. The number of hydrogen-bond donors (Lipinski definition) is 0. The van der Waals surface area contributed by atoms with Gasteiger partial charge in [0.1, 0.15) is 5.69 Å². The normalized spacial score (nSPS) is 10.5. The van der Waals surface area contributed by atoms with Crippen LogP contribution in [0.15, 0.2) is 66.7 Å². The van der Waals surface area contributed by atoms with E-state index in [1.165, 1.54) is 5.56 Å². The Balaban J connectivity index is 1.88. The molecule has 3 aromatic rings. The van der Waals surface area contributed by atoms with Crippen LogP contribution < -0.4 is 9.80 Å². The topological polar surface area (TPSA) is 49.3 Å². The minimum Gasteiger partial charge on any atom is -0.337 e. The summed E-state index contributed by atoms with van der Waals surface area (Å²) in [6.07, 6.45) is 0. The van der Waals surface area contributed by atoms with E-state index in [0.29, 0.717) is 18.2 Å². The molecule has 0 saturated carbocycles. The first-order valence-corrected chi connectivity index (χ1v) is 9.06. The number of para-hydroxylation sites is 1. The van der Waals surface area contributed by atoms with Gasteiger partial charge in [0.2, 0.25) is 5.95 Å². The minimum atomic E-state index is -0.149. The van der Waals surface area contributed by atoms with Gasteiger partial charge in [-0.05, 0) is 37.6 Å². The summed E-state index contributed by atoms with van der Waals surface area (Å²) in [5.41, 5.74) is 3.18. The Bertz CT molecular complexity index is 897. The van der Waals surface area contributed by atoms with Gasteiger partial charge in [0.25, 0.3) is 5.91 Å². The van der Waals surface area contributed by atoms with Crippen LogP contribution in [-0.2, 0) is 6.54 Å². The Morgan fingerprint density at radius 3 is 2.22 bits per heavy atom. The lowest BCUT2D eigenvalue weighted by Crippen LogP contribution is -2.29. The maximum absolute atomic E-state index is 12.9. The van der Waals surface area contributed by atoms with Gasteiger partial charge in [-0.25, -0.2) is 9.97 Å². The molecule has 0 N–H and O–H groups in total. The second-order valence-electron chi connectivity index (χ2n) is 6.39. The van der Waals surface area contributed by atoms with Gasteiger partial charge >= 0.3 is 0 Å². The Morgan fingerprint density at radius 1 is 0.963 bits per heavy atom. The lowest BCUT2D eigenvalue weighted by molar-refractivity contribution is 0.0988. The molecule has 1 amide bonds. The van der Waals surface area contributed by atoms with Crippen molar-refractivity contribution < 1.29 is 4.79 Å². The van der Waals surface area contributed by atoms with Gasteiger partial charge in [-0.3, -0.25) is 4.79 Å². The first kappa shape index (κ1) is 18.6. The number of amides is 1. The summed E-state index contributed by atoms with van der Waals surface area (Å²) in [5, 5.41) is 0. The van der Waals surface area contributed by atoms with Crippen LogP contribution in [0.4, 0.5) is 11.6 Å². The van der Waals surface area contributed by atoms with E-state index in [-0.39, 0.29) is 5.91 Å². The van der Waals surface area contributed by atoms with E-state index in [2.05, 4.69) is 33.9 Å². The first-order valence-electron chi connectivity index (χ1n) is 9.06. The van der Waals surface area contributed by atoms with Gasteiger partial charge in [0.05, 0.1) is 0 Å². The predicted octanol–water partition coefficient (Wildman–Crippen LogP) is 4.09. The average molecular weight is 360 g/mol. The van der Waals surface area contributed by atoms with E-state index in [4.69, 9.17) is 0 Å². The molecule has 0 saturated heterocycles. The monoisotopic (exact) mass is 360 g/mol. The van der Waals surface area contributed by atoms with Gasteiger partial charge in [-0.15, -0.1) is 0 Å². The molecule has 0 aliphatic carbocycles. The van der Waals surface area contributed by atoms with Crippen molar-refractivity contribution in [3.63, 3.8) is 0 Å². The molecule has 1 aromatic heterocycles. The number of benzene rings is 2. The molecular formula is C22H24N4O. The van der Waals surface area contributed by atoms with Crippen LogP contribution >= 0.6 is 0 Å². The minimum absolute atomic E-state index is 0.149. The van der Waals surface area contributed by atoms with Crippen LogP contribution in [0.25, 0.3) is 0 Å². The molecule has 0 bridgehead atoms. The SMILES string of the molecule is CCN(Cc1ccccc1)c1nc(C)cc(C(=O)N(C)c2ccccc2)n1. The maximum atomic E-state index is 12.9. The maximum Gasteiger partial charge on any atom is 0.276 e. The van der Waals surface area contributed by atoms with Crippen LogP contribution in [0, 0.1) is 6.92 Å². The number of rotatable bonds is 6. The highest BCUT2D eigenvalue weighted by molar-refractivity contribution is 6.04. The van der Waals surface area contributed by atoms with Gasteiger partial charge in [0.15, 0.2) is 0 Å². The summed E-state index contributed by atoms with van der Waals surface area (Å²) >= 11 is 0. The van der Waals surface area contributed by atoms with Crippen molar-refractivity contribution in [1.82, 2.24) is 9.97 Å². The fourth-order valence-corrected chi connectivity index (χ4v) is 2.87. The summed E-state index contributed by atoms with van der Waals surface area (Å²) < 4.78 is 0. The largest absolute Gasteiger partial charge is 0.337 e. The number of aryl methyl sites for hydroxylation is 1. The molecule has 138 valence electrons.